The van der Waals surface area contributed by atoms with Crippen LogP contribution in [-0.2, 0) is 0 Å². The molecule has 1 amide bonds. The highest BCUT2D eigenvalue weighted by molar-refractivity contribution is 5.96. The number of aliphatic hydroxyl groups is 1. The van der Waals surface area contributed by atoms with Gasteiger partial charge in [0.2, 0.25) is 0 Å². The van der Waals surface area contributed by atoms with Gasteiger partial charge in [-0.15, -0.1) is 0 Å². The largest absolute Gasteiger partial charge is 0.395 e. The third kappa shape index (κ3) is 3.58. The van der Waals surface area contributed by atoms with E-state index in [1.165, 1.54) is 12.8 Å². The van der Waals surface area contributed by atoms with Crippen molar-refractivity contribution in [1.82, 2.24) is 10.3 Å². The van der Waals surface area contributed by atoms with E-state index in [0.29, 0.717) is 23.0 Å². The van der Waals surface area contributed by atoms with Crippen molar-refractivity contribution in [2.75, 3.05) is 13.2 Å². The lowest BCUT2D eigenvalue weighted by Crippen LogP contribution is -2.30. The number of hydrogen-bond acceptors (Lipinski definition) is 3. The number of amides is 1. The van der Waals surface area contributed by atoms with Crippen LogP contribution < -0.4 is 5.32 Å². The molecule has 1 aliphatic carbocycles. The molecule has 0 saturated heterocycles. The Kier molecular flexibility index (Phi) is 4.75. The molecule has 0 aromatic carbocycles. The minimum Gasteiger partial charge on any atom is -0.395 e. The van der Waals surface area contributed by atoms with E-state index in [1.54, 1.807) is 18.5 Å². The van der Waals surface area contributed by atoms with Crippen LogP contribution in [0.4, 0.5) is 0 Å². The van der Waals surface area contributed by atoms with Crippen LogP contribution >= 0.6 is 0 Å². The van der Waals surface area contributed by atoms with E-state index in [-0.39, 0.29) is 12.5 Å². The summed E-state index contributed by atoms with van der Waals surface area (Å²) in [5.41, 5.74) is 1.49. The molecular weight excluding hydrogens is 252 g/mol. The average Bonchev–Trinajstić information content (AvgIpc) is 3.26. The second kappa shape index (κ2) is 6.53. The number of aliphatic hydroxyl groups excluding tert-OH is 1. The van der Waals surface area contributed by atoms with Crippen molar-refractivity contribution in [3.8, 4) is 11.8 Å². The molecule has 4 heteroatoms. The summed E-state index contributed by atoms with van der Waals surface area (Å²) in [5.74, 6) is 5.61. The lowest BCUT2D eigenvalue weighted by atomic mass is 10.0. The maximum atomic E-state index is 12.2. The molecule has 1 aromatic heterocycles. The van der Waals surface area contributed by atoms with Gasteiger partial charge in [0, 0.05) is 25.4 Å². The van der Waals surface area contributed by atoms with Gasteiger partial charge in [-0.3, -0.25) is 9.78 Å². The molecule has 106 valence electrons. The van der Waals surface area contributed by atoms with Crippen LogP contribution in [0.25, 0.3) is 0 Å². The number of nitrogens with one attached hydrogen (secondary N) is 1. The maximum absolute atomic E-state index is 12.2. The SMILES string of the molecule is CCC1(CNC(=O)c2ccncc2C#CCCO)CC1. The molecule has 1 heterocycles. The number of pyridine rings is 1. The van der Waals surface area contributed by atoms with Gasteiger partial charge >= 0.3 is 0 Å². The van der Waals surface area contributed by atoms with Crippen molar-refractivity contribution < 1.29 is 9.90 Å². The number of nitrogens with zero attached hydrogens (tertiary/aromatic N) is 1. The first-order chi connectivity index (χ1) is 9.71. The fourth-order valence-corrected chi connectivity index (χ4v) is 2.10. The van der Waals surface area contributed by atoms with Gasteiger partial charge < -0.3 is 10.4 Å². The minimum absolute atomic E-state index is 0.0216. The van der Waals surface area contributed by atoms with Gasteiger partial charge in [-0.2, -0.15) is 0 Å². The van der Waals surface area contributed by atoms with E-state index in [1.807, 2.05) is 0 Å². The molecule has 20 heavy (non-hydrogen) atoms. The Morgan fingerprint density at radius 1 is 1.55 bits per heavy atom. The molecule has 2 N–H and O–H groups in total. The third-order valence-electron chi connectivity index (χ3n) is 3.86. The fraction of sp³-hybridized carbons (Fsp3) is 0.500. The van der Waals surface area contributed by atoms with Gasteiger partial charge in [-0.05, 0) is 30.7 Å². The molecule has 1 saturated carbocycles. The van der Waals surface area contributed by atoms with Gasteiger partial charge in [0.05, 0.1) is 17.7 Å². The zero-order chi connectivity index (χ0) is 14.4. The van der Waals surface area contributed by atoms with Crippen LogP contribution in [-0.4, -0.2) is 29.1 Å². The zero-order valence-electron chi connectivity index (χ0n) is 11.8. The van der Waals surface area contributed by atoms with Crippen LogP contribution in [0, 0.1) is 17.3 Å². The molecule has 0 spiro atoms. The Bertz CT molecular complexity index is 539. The third-order valence-corrected chi connectivity index (χ3v) is 3.86. The van der Waals surface area contributed by atoms with Gasteiger partial charge in [0.1, 0.15) is 0 Å². The Labute approximate surface area is 119 Å². The summed E-state index contributed by atoms with van der Waals surface area (Å²) in [7, 11) is 0. The van der Waals surface area contributed by atoms with Crippen LogP contribution in [0.5, 0.6) is 0 Å². The summed E-state index contributed by atoms with van der Waals surface area (Å²) in [6, 6.07) is 1.68. The van der Waals surface area contributed by atoms with Crippen LogP contribution in [0.15, 0.2) is 18.5 Å². The van der Waals surface area contributed by atoms with Crippen LogP contribution in [0.2, 0.25) is 0 Å². The molecule has 0 atom stereocenters. The Morgan fingerprint density at radius 3 is 3.00 bits per heavy atom. The summed E-state index contributed by atoms with van der Waals surface area (Å²) >= 11 is 0. The van der Waals surface area contributed by atoms with E-state index in [9.17, 15) is 4.79 Å². The number of rotatable bonds is 5. The number of aromatic nitrogens is 1. The second-order valence-electron chi connectivity index (χ2n) is 5.23. The average molecular weight is 272 g/mol. The van der Waals surface area contributed by atoms with Crippen molar-refractivity contribution in [3.63, 3.8) is 0 Å². The van der Waals surface area contributed by atoms with E-state index in [2.05, 4.69) is 29.1 Å². The quantitative estimate of drug-likeness (QED) is 0.803. The van der Waals surface area contributed by atoms with E-state index in [4.69, 9.17) is 5.11 Å². The maximum Gasteiger partial charge on any atom is 0.252 e. The highest BCUT2D eigenvalue weighted by atomic mass is 16.2. The predicted octanol–water partition coefficient (Wildman–Crippen LogP) is 1.74. The lowest BCUT2D eigenvalue weighted by molar-refractivity contribution is 0.0944. The summed E-state index contributed by atoms with van der Waals surface area (Å²) in [4.78, 5) is 16.2. The first kappa shape index (κ1) is 14.5. The standard InChI is InChI=1S/C16H20N2O2/c1-2-16(7-8-16)12-18-15(20)14-6-9-17-11-13(14)5-3-4-10-19/h6,9,11,19H,2,4,7-8,10,12H2,1H3,(H,18,20). The molecule has 1 aliphatic rings. The molecular formula is C16H20N2O2. The zero-order valence-corrected chi connectivity index (χ0v) is 11.8. The van der Waals surface area contributed by atoms with E-state index < -0.39 is 0 Å². The van der Waals surface area contributed by atoms with Crippen molar-refractivity contribution >= 4 is 5.91 Å². The van der Waals surface area contributed by atoms with Crippen molar-refractivity contribution in [2.45, 2.75) is 32.6 Å². The molecule has 0 aliphatic heterocycles. The summed E-state index contributed by atoms with van der Waals surface area (Å²) < 4.78 is 0. The fourth-order valence-electron chi connectivity index (χ4n) is 2.10. The van der Waals surface area contributed by atoms with Crippen molar-refractivity contribution in [2.24, 2.45) is 5.41 Å². The first-order valence-corrected chi connectivity index (χ1v) is 7.03. The summed E-state index contributed by atoms with van der Waals surface area (Å²) in [6.07, 6.45) is 7.08. The number of carbonyl (C=O) groups excluding carboxylic acids is 1. The Morgan fingerprint density at radius 2 is 2.35 bits per heavy atom. The summed E-state index contributed by atoms with van der Waals surface area (Å²) in [6.45, 7) is 2.92. The smallest absolute Gasteiger partial charge is 0.252 e. The summed E-state index contributed by atoms with van der Waals surface area (Å²) in [5, 5.41) is 11.7. The topological polar surface area (TPSA) is 62.2 Å². The second-order valence-corrected chi connectivity index (χ2v) is 5.23. The van der Waals surface area contributed by atoms with E-state index >= 15 is 0 Å². The van der Waals surface area contributed by atoms with E-state index in [0.717, 1.165) is 13.0 Å². The molecule has 0 bridgehead atoms. The van der Waals surface area contributed by atoms with Gasteiger partial charge in [0.15, 0.2) is 0 Å². The monoisotopic (exact) mass is 272 g/mol. The van der Waals surface area contributed by atoms with Crippen molar-refractivity contribution in [1.29, 1.82) is 0 Å². The number of hydrogen-bond donors (Lipinski definition) is 2. The molecule has 2 rings (SSSR count). The van der Waals surface area contributed by atoms with Gasteiger partial charge in [-0.1, -0.05) is 18.8 Å². The normalized spacial score (nSPS) is 15.1. The molecule has 0 radical (unpaired) electrons. The molecule has 4 nitrogen and oxygen atoms in total. The molecule has 1 fully saturated rings. The molecule has 1 aromatic rings. The van der Waals surface area contributed by atoms with Crippen LogP contribution in [0.3, 0.4) is 0 Å². The first-order valence-electron chi connectivity index (χ1n) is 7.03. The van der Waals surface area contributed by atoms with Gasteiger partial charge in [0.25, 0.3) is 5.91 Å². The van der Waals surface area contributed by atoms with Crippen molar-refractivity contribution in [3.05, 3.63) is 29.6 Å². The minimum atomic E-state index is -0.0968. The Balaban J connectivity index is 2.04. The molecule has 0 unspecified atom stereocenters. The Hall–Kier alpha value is -1.86. The van der Waals surface area contributed by atoms with Gasteiger partial charge in [-0.25, -0.2) is 0 Å². The highest BCUT2D eigenvalue weighted by Crippen LogP contribution is 2.47. The lowest BCUT2D eigenvalue weighted by Gasteiger charge is -2.13. The number of carbonyl (C=O) groups is 1. The van der Waals surface area contributed by atoms with Crippen LogP contribution in [0.1, 0.15) is 48.5 Å². The predicted molar refractivity (Wildman–Crippen MR) is 77.1 cm³/mol. The highest BCUT2D eigenvalue weighted by Gasteiger charge is 2.40.